The number of likely N-dealkylation sites (N-methyl/N-ethyl adjacent to an activating group) is 1. The highest BCUT2D eigenvalue weighted by atomic mass is 31.2. The third kappa shape index (κ3) is 52.8. The molecule has 0 aromatic carbocycles. The summed E-state index contributed by atoms with van der Waals surface area (Å²) >= 11 is 0. The maximum Gasteiger partial charge on any atom is 0.268 e. The number of aliphatic hydroxyl groups is 1. The molecule has 0 aliphatic rings. The normalized spacial score (nSPS) is 14.0. The van der Waals surface area contributed by atoms with E-state index < -0.39 is 20.0 Å². The fourth-order valence-electron chi connectivity index (χ4n) is 9.01. The van der Waals surface area contributed by atoms with Crippen molar-refractivity contribution in [2.75, 3.05) is 40.9 Å². The molecule has 1 amide bonds. The van der Waals surface area contributed by atoms with Gasteiger partial charge in [0.15, 0.2) is 0 Å². The fourth-order valence-corrected chi connectivity index (χ4v) is 9.74. The Kier molecular flexibility index (Phi) is 50.1. The molecule has 68 heavy (non-hydrogen) atoms. The van der Waals surface area contributed by atoms with Crippen LogP contribution >= 0.6 is 7.82 Å². The maximum absolute atomic E-state index is 13.0. The standard InChI is InChI=1S/C59H117N2O6P/c1-6-8-10-12-14-16-18-20-21-22-23-24-25-26-27-28-29-30-31-32-33-34-35-36-37-38-39-41-43-45-47-49-51-53-59(63)60-57(56-67-68(64,65)66-55-54-61(3,4)5)58(62)52-50-48-46-44-42-40-19-17-15-13-11-9-7-2/h23-24,26-27,57-58,62H,6-22,25,28-56H2,1-5H3,(H-,60,63,64,65)/b24-23-,27-26-. The van der Waals surface area contributed by atoms with Crippen molar-refractivity contribution in [1.82, 2.24) is 5.32 Å². The molecule has 0 heterocycles. The van der Waals surface area contributed by atoms with Gasteiger partial charge in [0.25, 0.3) is 7.82 Å². The average Bonchev–Trinajstić information content (AvgIpc) is 3.30. The number of rotatable bonds is 55. The summed E-state index contributed by atoms with van der Waals surface area (Å²) < 4.78 is 23.4. The van der Waals surface area contributed by atoms with Crippen molar-refractivity contribution in [3.8, 4) is 0 Å². The Bertz CT molecular complexity index is 1160. The molecule has 0 aliphatic heterocycles. The summed E-state index contributed by atoms with van der Waals surface area (Å²) in [5.41, 5.74) is 0. The largest absolute Gasteiger partial charge is 0.756 e. The van der Waals surface area contributed by atoms with E-state index in [9.17, 15) is 19.4 Å². The summed E-state index contributed by atoms with van der Waals surface area (Å²) in [6, 6.07) is -0.797. The topological polar surface area (TPSA) is 108 Å². The molecule has 3 unspecified atom stereocenters. The van der Waals surface area contributed by atoms with Crippen LogP contribution in [0.2, 0.25) is 0 Å². The van der Waals surface area contributed by atoms with E-state index in [-0.39, 0.29) is 19.1 Å². The van der Waals surface area contributed by atoms with Gasteiger partial charge in [-0.2, -0.15) is 0 Å². The number of amides is 1. The molecule has 2 N–H and O–H groups in total. The number of quaternary nitrogens is 1. The molecular formula is C59H117N2O6P. The molecule has 0 spiro atoms. The van der Waals surface area contributed by atoms with Crippen molar-refractivity contribution < 1.29 is 32.9 Å². The van der Waals surface area contributed by atoms with Gasteiger partial charge in [0.2, 0.25) is 5.91 Å². The molecule has 0 aromatic rings. The van der Waals surface area contributed by atoms with E-state index in [1.54, 1.807) is 0 Å². The van der Waals surface area contributed by atoms with Gasteiger partial charge in [-0.1, -0.05) is 269 Å². The molecule has 0 rings (SSSR count). The minimum absolute atomic E-state index is 0.0142. The summed E-state index contributed by atoms with van der Waals surface area (Å²) in [7, 11) is 1.32. The zero-order valence-corrected chi connectivity index (χ0v) is 47.0. The number of carbonyl (C=O) groups excluding carboxylic acids is 1. The molecule has 9 heteroatoms. The lowest BCUT2D eigenvalue weighted by Crippen LogP contribution is -2.46. The third-order valence-corrected chi connectivity index (χ3v) is 14.7. The number of unbranched alkanes of at least 4 members (excludes halogenated alkanes) is 38. The average molecular weight is 982 g/mol. The van der Waals surface area contributed by atoms with Crippen LogP contribution in [0.5, 0.6) is 0 Å². The minimum Gasteiger partial charge on any atom is -0.756 e. The summed E-state index contributed by atoms with van der Waals surface area (Å²) in [6.45, 7) is 4.75. The van der Waals surface area contributed by atoms with Crippen LogP contribution in [0.1, 0.15) is 296 Å². The first-order valence-corrected chi connectivity index (χ1v) is 31.1. The number of allylic oxidation sites excluding steroid dienone is 4. The Morgan fingerprint density at radius 2 is 0.853 bits per heavy atom. The molecule has 0 aromatic heterocycles. The van der Waals surface area contributed by atoms with Gasteiger partial charge >= 0.3 is 0 Å². The smallest absolute Gasteiger partial charge is 0.268 e. The fraction of sp³-hybridized carbons (Fsp3) is 0.915. The molecule has 404 valence electrons. The Hall–Kier alpha value is -1.02. The lowest BCUT2D eigenvalue weighted by molar-refractivity contribution is -0.870. The lowest BCUT2D eigenvalue weighted by atomic mass is 10.0. The monoisotopic (exact) mass is 981 g/mol. The number of aliphatic hydroxyl groups excluding tert-OH is 1. The van der Waals surface area contributed by atoms with Crippen molar-refractivity contribution in [3.05, 3.63) is 24.3 Å². The summed E-state index contributed by atoms with van der Waals surface area (Å²) in [5.74, 6) is -0.161. The van der Waals surface area contributed by atoms with Crippen molar-refractivity contribution in [1.29, 1.82) is 0 Å². The molecule has 0 radical (unpaired) electrons. The lowest BCUT2D eigenvalue weighted by Gasteiger charge is -2.30. The van der Waals surface area contributed by atoms with Crippen LogP contribution in [0.3, 0.4) is 0 Å². The van der Waals surface area contributed by atoms with Gasteiger partial charge < -0.3 is 28.8 Å². The third-order valence-electron chi connectivity index (χ3n) is 13.7. The first-order chi connectivity index (χ1) is 33.0. The molecule has 0 saturated carbocycles. The number of nitrogens with zero attached hydrogens (tertiary/aromatic N) is 1. The first kappa shape index (κ1) is 67.0. The van der Waals surface area contributed by atoms with Crippen molar-refractivity contribution >= 4 is 13.7 Å². The molecule has 8 nitrogen and oxygen atoms in total. The number of nitrogens with one attached hydrogen (secondary N) is 1. The highest BCUT2D eigenvalue weighted by molar-refractivity contribution is 7.45. The van der Waals surface area contributed by atoms with Crippen LogP contribution in [-0.2, 0) is 18.4 Å². The van der Waals surface area contributed by atoms with E-state index in [1.807, 2.05) is 21.1 Å². The van der Waals surface area contributed by atoms with Crippen LogP contribution in [0, 0.1) is 0 Å². The molecular weight excluding hydrogens is 864 g/mol. The van der Waals surface area contributed by atoms with E-state index in [1.165, 1.54) is 225 Å². The van der Waals surface area contributed by atoms with Gasteiger partial charge in [0.05, 0.1) is 39.9 Å². The van der Waals surface area contributed by atoms with Gasteiger partial charge in [-0.3, -0.25) is 9.36 Å². The predicted molar refractivity (Wildman–Crippen MR) is 293 cm³/mol. The molecule has 0 saturated heterocycles. The van der Waals surface area contributed by atoms with E-state index in [4.69, 9.17) is 9.05 Å². The maximum atomic E-state index is 13.0. The Morgan fingerprint density at radius 3 is 1.22 bits per heavy atom. The Morgan fingerprint density at radius 1 is 0.515 bits per heavy atom. The van der Waals surface area contributed by atoms with Gasteiger partial charge in [0.1, 0.15) is 13.2 Å². The van der Waals surface area contributed by atoms with Gasteiger partial charge in [-0.15, -0.1) is 0 Å². The number of phosphoric acid groups is 1. The second-order valence-corrected chi connectivity index (χ2v) is 23.1. The second-order valence-electron chi connectivity index (χ2n) is 21.7. The van der Waals surface area contributed by atoms with Gasteiger partial charge in [0, 0.05) is 6.42 Å². The quantitative estimate of drug-likeness (QED) is 0.0272. The molecule has 0 fully saturated rings. The summed E-state index contributed by atoms with van der Waals surface area (Å²) in [4.78, 5) is 25.5. The number of phosphoric ester groups is 1. The number of carbonyl (C=O) groups is 1. The Labute approximate surface area is 424 Å². The SMILES string of the molecule is CCCCCCCCCCC/C=C\C/C=C\CCCCCCCCCCCCCCCCCCCC(=O)NC(COP(=O)([O-])OCC[N+](C)(C)C)C(O)CCCCCCCCCCCCCCC. The highest BCUT2D eigenvalue weighted by Crippen LogP contribution is 2.38. The van der Waals surface area contributed by atoms with Gasteiger partial charge in [-0.25, -0.2) is 0 Å². The van der Waals surface area contributed by atoms with Crippen LogP contribution in [0.25, 0.3) is 0 Å². The van der Waals surface area contributed by atoms with E-state index >= 15 is 0 Å². The zero-order valence-electron chi connectivity index (χ0n) is 46.1. The Balaban J connectivity index is 3.97. The molecule has 3 atom stereocenters. The minimum atomic E-state index is -4.57. The van der Waals surface area contributed by atoms with Crippen molar-refractivity contribution in [3.63, 3.8) is 0 Å². The first-order valence-electron chi connectivity index (χ1n) is 29.7. The van der Waals surface area contributed by atoms with Crippen molar-refractivity contribution in [2.24, 2.45) is 0 Å². The molecule has 0 aliphatic carbocycles. The number of hydrogen-bond donors (Lipinski definition) is 2. The van der Waals surface area contributed by atoms with Gasteiger partial charge in [-0.05, 0) is 44.9 Å². The van der Waals surface area contributed by atoms with Crippen molar-refractivity contribution in [2.45, 2.75) is 309 Å². The zero-order chi connectivity index (χ0) is 49.9. The second kappa shape index (κ2) is 50.9. The van der Waals surface area contributed by atoms with E-state index in [0.717, 1.165) is 44.9 Å². The van der Waals surface area contributed by atoms with Crippen LogP contribution in [0.4, 0.5) is 0 Å². The predicted octanol–water partition coefficient (Wildman–Crippen LogP) is 17.4. The molecule has 0 bridgehead atoms. The summed E-state index contributed by atoms with van der Waals surface area (Å²) in [6.07, 6.45) is 63.7. The van der Waals surface area contributed by atoms with E-state index in [2.05, 4.69) is 43.5 Å². The van der Waals surface area contributed by atoms with E-state index in [0.29, 0.717) is 23.9 Å². The van der Waals surface area contributed by atoms with Crippen LogP contribution in [0.15, 0.2) is 24.3 Å². The summed E-state index contributed by atoms with van der Waals surface area (Å²) in [5, 5.41) is 14.0. The number of hydrogen-bond acceptors (Lipinski definition) is 6. The highest BCUT2D eigenvalue weighted by Gasteiger charge is 2.24. The van der Waals surface area contributed by atoms with Crippen LogP contribution < -0.4 is 10.2 Å². The van der Waals surface area contributed by atoms with Crippen LogP contribution in [-0.4, -0.2) is 68.5 Å².